The molecule has 1 aromatic carbocycles. The standard InChI is InChI=1S/C10H11ClFN3/c1-15-10(14)8(5-13)7-3-2-6(12)4-9(7)11/h2-5,13,15H,14H2,1H3/b10-8+,13-5?. The van der Waals surface area contributed by atoms with Crippen LogP contribution in [0.2, 0.25) is 5.02 Å². The molecule has 3 nitrogen and oxygen atoms in total. The van der Waals surface area contributed by atoms with Crippen molar-refractivity contribution in [1.82, 2.24) is 5.32 Å². The second kappa shape index (κ2) is 4.79. The molecule has 80 valence electrons. The number of halogens is 2. The van der Waals surface area contributed by atoms with Crippen LogP contribution in [0.1, 0.15) is 5.56 Å². The summed E-state index contributed by atoms with van der Waals surface area (Å²) in [6, 6.07) is 3.94. The molecule has 0 atom stereocenters. The first-order valence-corrected chi connectivity index (χ1v) is 4.61. The van der Waals surface area contributed by atoms with Gasteiger partial charge in [0.05, 0.1) is 5.02 Å². The summed E-state index contributed by atoms with van der Waals surface area (Å²) >= 11 is 5.84. The maximum Gasteiger partial charge on any atom is 0.124 e. The van der Waals surface area contributed by atoms with Crippen molar-refractivity contribution in [3.63, 3.8) is 0 Å². The average Bonchev–Trinajstić information content (AvgIpc) is 2.21. The fourth-order valence-electron chi connectivity index (χ4n) is 1.14. The van der Waals surface area contributed by atoms with Gasteiger partial charge in [-0.25, -0.2) is 4.39 Å². The molecule has 0 heterocycles. The number of nitrogens with one attached hydrogen (secondary N) is 2. The van der Waals surface area contributed by atoms with Gasteiger partial charge in [0.25, 0.3) is 0 Å². The van der Waals surface area contributed by atoms with Crippen molar-refractivity contribution in [1.29, 1.82) is 5.41 Å². The van der Waals surface area contributed by atoms with Gasteiger partial charge in [0, 0.05) is 24.4 Å². The summed E-state index contributed by atoms with van der Waals surface area (Å²) in [4.78, 5) is 0. The third kappa shape index (κ3) is 2.47. The molecule has 0 amide bonds. The van der Waals surface area contributed by atoms with E-state index in [-0.39, 0.29) is 5.02 Å². The average molecular weight is 228 g/mol. The predicted octanol–water partition coefficient (Wildman–Crippen LogP) is 1.98. The van der Waals surface area contributed by atoms with Gasteiger partial charge in [0.15, 0.2) is 0 Å². The van der Waals surface area contributed by atoms with Crippen molar-refractivity contribution in [3.05, 3.63) is 40.4 Å². The van der Waals surface area contributed by atoms with Gasteiger partial charge in [-0.2, -0.15) is 0 Å². The summed E-state index contributed by atoms with van der Waals surface area (Å²) < 4.78 is 12.8. The zero-order chi connectivity index (χ0) is 11.4. The number of benzene rings is 1. The second-order valence-corrected chi connectivity index (χ2v) is 3.25. The van der Waals surface area contributed by atoms with E-state index < -0.39 is 5.82 Å². The van der Waals surface area contributed by atoms with Gasteiger partial charge in [-0.15, -0.1) is 0 Å². The molecule has 0 saturated heterocycles. The molecular weight excluding hydrogens is 217 g/mol. The summed E-state index contributed by atoms with van der Waals surface area (Å²) in [6.45, 7) is 0. The van der Waals surface area contributed by atoms with Gasteiger partial charge in [0.2, 0.25) is 0 Å². The Balaban J connectivity index is 3.31. The molecule has 0 radical (unpaired) electrons. The van der Waals surface area contributed by atoms with E-state index in [1.54, 1.807) is 7.05 Å². The molecule has 0 aromatic heterocycles. The van der Waals surface area contributed by atoms with Gasteiger partial charge in [-0.1, -0.05) is 11.6 Å². The number of allylic oxidation sites excluding steroid dienone is 1. The van der Waals surface area contributed by atoms with Crippen molar-refractivity contribution in [3.8, 4) is 0 Å². The lowest BCUT2D eigenvalue weighted by molar-refractivity contribution is 0.628. The first kappa shape index (κ1) is 11.5. The highest BCUT2D eigenvalue weighted by atomic mass is 35.5. The quantitative estimate of drug-likeness (QED) is 0.692. The summed E-state index contributed by atoms with van der Waals surface area (Å²) in [5.41, 5.74) is 6.59. The highest BCUT2D eigenvalue weighted by Gasteiger charge is 2.08. The van der Waals surface area contributed by atoms with E-state index >= 15 is 0 Å². The van der Waals surface area contributed by atoms with E-state index in [1.807, 2.05) is 0 Å². The Morgan fingerprint density at radius 3 is 2.73 bits per heavy atom. The van der Waals surface area contributed by atoms with E-state index in [0.717, 1.165) is 6.21 Å². The second-order valence-electron chi connectivity index (χ2n) is 2.85. The van der Waals surface area contributed by atoms with Gasteiger partial charge in [-0.3, -0.25) is 0 Å². The van der Waals surface area contributed by atoms with Crippen molar-refractivity contribution >= 4 is 23.4 Å². The third-order valence-corrected chi connectivity index (χ3v) is 2.24. The van der Waals surface area contributed by atoms with Crippen LogP contribution < -0.4 is 11.1 Å². The zero-order valence-electron chi connectivity index (χ0n) is 8.14. The van der Waals surface area contributed by atoms with E-state index in [2.05, 4.69) is 5.32 Å². The molecule has 0 unspecified atom stereocenters. The van der Waals surface area contributed by atoms with Gasteiger partial charge in [0.1, 0.15) is 11.6 Å². The first-order valence-electron chi connectivity index (χ1n) is 4.23. The molecule has 1 rings (SSSR count). The lowest BCUT2D eigenvalue weighted by Crippen LogP contribution is -2.17. The SMILES string of the molecule is CN/C(N)=C(\C=N)c1ccc(F)cc1Cl. The van der Waals surface area contributed by atoms with E-state index in [9.17, 15) is 4.39 Å². The van der Waals surface area contributed by atoms with Crippen LogP contribution in [-0.4, -0.2) is 13.3 Å². The minimum atomic E-state index is -0.420. The van der Waals surface area contributed by atoms with Crippen LogP contribution in [0, 0.1) is 11.2 Å². The minimum Gasteiger partial charge on any atom is -0.385 e. The largest absolute Gasteiger partial charge is 0.385 e. The lowest BCUT2D eigenvalue weighted by atomic mass is 10.1. The molecule has 1 aromatic rings. The molecule has 5 heteroatoms. The maximum atomic E-state index is 12.8. The number of rotatable bonds is 3. The Kier molecular flexibility index (Phi) is 3.68. The number of nitrogens with two attached hydrogens (primary N) is 1. The molecule has 0 aliphatic carbocycles. The van der Waals surface area contributed by atoms with Crippen LogP contribution in [0.25, 0.3) is 5.57 Å². The van der Waals surface area contributed by atoms with Crippen LogP contribution in [-0.2, 0) is 0 Å². The Hall–Kier alpha value is -1.55. The molecule has 15 heavy (non-hydrogen) atoms. The van der Waals surface area contributed by atoms with Gasteiger partial charge < -0.3 is 16.5 Å². The monoisotopic (exact) mass is 227 g/mol. The Morgan fingerprint density at radius 2 is 2.27 bits per heavy atom. The highest BCUT2D eigenvalue weighted by molar-refractivity contribution is 6.33. The zero-order valence-corrected chi connectivity index (χ0v) is 8.90. The van der Waals surface area contributed by atoms with E-state index in [0.29, 0.717) is 17.0 Å². The topological polar surface area (TPSA) is 61.9 Å². The lowest BCUT2D eigenvalue weighted by Gasteiger charge is -2.08. The Morgan fingerprint density at radius 1 is 1.60 bits per heavy atom. The highest BCUT2D eigenvalue weighted by Crippen LogP contribution is 2.24. The first-order chi connectivity index (χ1) is 7.10. The van der Waals surface area contributed by atoms with Crippen molar-refractivity contribution in [2.24, 2.45) is 5.73 Å². The molecule has 0 saturated carbocycles. The number of hydrogen-bond donors (Lipinski definition) is 3. The van der Waals surface area contributed by atoms with Crippen LogP contribution in [0.4, 0.5) is 4.39 Å². The Bertz CT molecular complexity index is 415. The van der Waals surface area contributed by atoms with Crippen molar-refractivity contribution in [2.45, 2.75) is 0 Å². The molecule has 0 fully saturated rings. The van der Waals surface area contributed by atoms with E-state index in [1.165, 1.54) is 18.2 Å². The van der Waals surface area contributed by atoms with Crippen LogP contribution in [0.3, 0.4) is 0 Å². The summed E-state index contributed by atoms with van der Waals surface area (Å²) in [7, 11) is 1.64. The maximum absolute atomic E-state index is 12.8. The normalized spacial score (nSPS) is 11.9. The molecule has 0 aliphatic heterocycles. The van der Waals surface area contributed by atoms with Crippen LogP contribution in [0.15, 0.2) is 24.0 Å². The summed E-state index contributed by atoms with van der Waals surface area (Å²) in [6.07, 6.45) is 1.07. The smallest absolute Gasteiger partial charge is 0.124 e. The van der Waals surface area contributed by atoms with Gasteiger partial charge >= 0.3 is 0 Å². The van der Waals surface area contributed by atoms with E-state index in [4.69, 9.17) is 22.7 Å². The minimum absolute atomic E-state index is 0.228. The fraction of sp³-hybridized carbons (Fsp3) is 0.100. The van der Waals surface area contributed by atoms with Gasteiger partial charge in [-0.05, 0) is 18.2 Å². The molecular formula is C10H11ClFN3. The molecule has 4 N–H and O–H groups in total. The summed E-state index contributed by atoms with van der Waals surface area (Å²) in [5.74, 6) is -0.102. The molecule has 0 spiro atoms. The van der Waals surface area contributed by atoms with Crippen molar-refractivity contribution < 1.29 is 4.39 Å². The Labute approximate surface area is 92.2 Å². The predicted molar refractivity (Wildman–Crippen MR) is 60.4 cm³/mol. The van der Waals surface area contributed by atoms with Crippen LogP contribution in [0.5, 0.6) is 0 Å². The van der Waals surface area contributed by atoms with Crippen LogP contribution >= 0.6 is 11.6 Å². The molecule has 0 aliphatic rings. The van der Waals surface area contributed by atoms with Crippen molar-refractivity contribution in [2.75, 3.05) is 7.05 Å². The molecule has 0 bridgehead atoms. The third-order valence-electron chi connectivity index (χ3n) is 1.93. The number of hydrogen-bond acceptors (Lipinski definition) is 3. The fourth-order valence-corrected chi connectivity index (χ4v) is 1.41. The summed E-state index contributed by atoms with van der Waals surface area (Å²) in [5, 5.41) is 10.2.